The van der Waals surface area contributed by atoms with Gasteiger partial charge in [-0.1, -0.05) is 32.5 Å². The highest BCUT2D eigenvalue weighted by atomic mass is 32.2. The van der Waals surface area contributed by atoms with Crippen LogP contribution in [0.2, 0.25) is 0 Å². The number of hydrogen-bond acceptors (Lipinski definition) is 4. The summed E-state index contributed by atoms with van der Waals surface area (Å²) in [6.45, 7) is 8.94. The van der Waals surface area contributed by atoms with Gasteiger partial charge in [0.2, 0.25) is 5.91 Å². The molecule has 18 heavy (non-hydrogen) atoms. The summed E-state index contributed by atoms with van der Waals surface area (Å²) in [5.41, 5.74) is 0. The van der Waals surface area contributed by atoms with Gasteiger partial charge in [-0.05, 0) is 25.7 Å². The first kappa shape index (κ1) is 15.3. The molecule has 0 aromatic heterocycles. The normalized spacial score (nSPS) is 21.4. The molecule has 1 aliphatic heterocycles. The maximum atomic E-state index is 11.8. The van der Waals surface area contributed by atoms with Crippen molar-refractivity contribution in [3.8, 4) is 0 Å². The molecule has 1 aliphatic rings. The molecule has 2 atom stereocenters. The highest BCUT2D eigenvalue weighted by Crippen LogP contribution is 2.18. The van der Waals surface area contributed by atoms with Crippen LogP contribution in [-0.4, -0.2) is 35.5 Å². The van der Waals surface area contributed by atoms with E-state index in [0.717, 1.165) is 30.3 Å². The van der Waals surface area contributed by atoms with Crippen LogP contribution in [0.15, 0.2) is 4.99 Å². The number of amides is 1. The van der Waals surface area contributed by atoms with Crippen molar-refractivity contribution in [1.82, 2.24) is 10.6 Å². The lowest BCUT2D eigenvalue weighted by molar-refractivity contribution is -0.122. The van der Waals surface area contributed by atoms with Gasteiger partial charge >= 0.3 is 0 Å². The SMILES string of the molecule is CCC1CCSC(NC(C)C(=O)NCC(C)C)=N1. The van der Waals surface area contributed by atoms with Crippen molar-refractivity contribution in [2.45, 2.75) is 52.6 Å². The van der Waals surface area contributed by atoms with Gasteiger partial charge in [-0.25, -0.2) is 0 Å². The number of thioether (sulfide) groups is 1. The molecule has 1 heterocycles. The van der Waals surface area contributed by atoms with Crippen molar-refractivity contribution in [3.05, 3.63) is 0 Å². The zero-order valence-corrected chi connectivity index (χ0v) is 12.6. The minimum Gasteiger partial charge on any atom is -0.354 e. The van der Waals surface area contributed by atoms with Crippen LogP contribution in [-0.2, 0) is 4.79 Å². The molecule has 0 aromatic carbocycles. The number of amidine groups is 1. The van der Waals surface area contributed by atoms with Gasteiger partial charge in [0.15, 0.2) is 5.17 Å². The van der Waals surface area contributed by atoms with Crippen molar-refractivity contribution in [3.63, 3.8) is 0 Å². The Bertz CT molecular complexity index is 305. The predicted octanol–water partition coefficient (Wildman–Crippen LogP) is 2.01. The van der Waals surface area contributed by atoms with E-state index in [0.29, 0.717) is 12.0 Å². The Morgan fingerprint density at radius 3 is 2.83 bits per heavy atom. The van der Waals surface area contributed by atoms with Crippen molar-refractivity contribution in [2.75, 3.05) is 12.3 Å². The third kappa shape index (κ3) is 5.29. The molecule has 4 nitrogen and oxygen atoms in total. The predicted molar refractivity (Wildman–Crippen MR) is 79.0 cm³/mol. The standard InChI is InChI=1S/C13H25N3OS/c1-5-11-6-7-18-13(16-11)15-10(4)12(17)14-8-9(2)3/h9-11H,5-8H2,1-4H3,(H,14,17)(H,15,16). The van der Waals surface area contributed by atoms with Crippen LogP contribution in [0.4, 0.5) is 0 Å². The Morgan fingerprint density at radius 1 is 1.50 bits per heavy atom. The molecule has 2 unspecified atom stereocenters. The van der Waals surface area contributed by atoms with E-state index in [4.69, 9.17) is 0 Å². The van der Waals surface area contributed by atoms with Gasteiger partial charge in [-0.15, -0.1) is 0 Å². The molecule has 0 radical (unpaired) electrons. The van der Waals surface area contributed by atoms with E-state index in [1.54, 1.807) is 11.8 Å². The zero-order chi connectivity index (χ0) is 13.5. The maximum absolute atomic E-state index is 11.8. The minimum absolute atomic E-state index is 0.0469. The van der Waals surface area contributed by atoms with Crippen LogP contribution in [0.25, 0.3) is 0 Å². The molecule has 104 valence electrons. The average molecular weight is 271 g/mol. The second kappa shape index (κ2) is 7.67. The number of nitrogens with zero attached hydrogens (tertiary/aromatic N) is 1. The number of aliphatic imine (C=N–C) groups is 1. The van der Waals surface area contributed by atoms with Gasteiger partial charge in [-0.2, -0.15) is 0 Å². The number of carbonyl (C=O) groups excluding carboxylic acids is 1. The summed E-state index contributed by atoms with van der Waals surface area (Å²) in [7, 11) is 0. The van der Waals surface area contributed by atoms with Crippen molar-refractivity contribution in [2.24, 2.45) is 10.9 Å². The van der Waals surface area contributed by atoms with E-state index in [2.05, 4.69) is 36.4 Å². The van der Waals surface area contributed by atoms with E-state index in [1.807, 2.05) is 6.92 Å². The zero-order valence-electron chi connectivity index (χ0n) is 11.8. The third-order valence-electron chi connectivity index (χ3n) is 2.88. The molecule has 1 rings (SSSR count). The highest BCUT2D eigenvalue weighted by molar-refractivity contribution is 8.13. The molecule has 1 amide bonds. The first-order chi connectivity index (χ1) is 8.52. The van der Waals surface area contributed by atoms with Crippen molar-refractivity contribution in [1.29, 1.82) is 0 Å². The fourth-order valence-electron chi connectivity index (χ4n) is 1.64. The highest BCUT2D eigenvalue weighted by Gasteiger charge is 2.18. The second-order valence-electron chi connectivity index (χ2n) is 5.14. The molecule has 0 saturated carbocycles. The molecular formula is C13H25N3OS. The number of rotatable bonds is 5. The van der Waals surface area contributed by atoms with Gasteiger partial charge in [0.05, 0.1) is 6.04 Å². The van der Waals surface area contributed by atoms with Crippen LogP contribution in [0.5, 0.6) is 0 Å². The summed E-state index contributed by atoms with van der Waals surface area (Å²) in [6, 6.07) is 0.199. The molecule has 0 aliphatic carbocycles. The first-order valence-electron chi connectivity index (χ1n) is 6.77. The molecule has 5 heteroatoms. The molecular weight excluding hydrogens is 246 g/mol. The smallest absolute Gasteiger partial charge is 0.242 e. The second-order valence-corrected chi connectivity index (χ2v) is 6.22. The quantitative estimate of drug-likeness (QED) is 0.804. The van der Waals surface area contributed by atoms with E-state index < -0.39 is 0 Å². The summed E-state index contributed by atoms with van der Waals surface area (Å²) in [4.78, 5) is 16.4. The lowest BCUT2D eigenvalue weighted by Gasteiger charge is -2.22. The molecule has 2 N–H and O–H groups in total. The van der Waals surface area contributed by atoms with E-state index in [1.165, 1.54) is 0 Å². The minimum atomic E-state index is -0.217. The Hall–Kier alpha value is -0.710. The van der Waals surface area contributed by atoms with Crippen LogP contribution < -0.4 is 10.6 Å². The average Bonchev–Trinajstić information content (AvgIpc) is 2.36. The Morgan fingerprint density at radius 2 is 2.22 bits per heavy atom. The Balaban J connectivity index is 2.41. The summed E-state index contributed by atoms with van der Waals surface area (Å²) in [6.07, 6.45) is 2.21. The fraction of sp³-hybridized carbons (Fsp3) is 0.846. The van der Waals surface area contributed by atoms with Gasteiger partial charge in [-0.3, -0.25) is 9.79 Å². The largest absolute Gasteiger partial charge is 0.354 e. The Kier molecular flexibility index (Phi) is 6.54. The number of nitrogens with one attached hydrogen (secondary N) is 2. The van der Waals surface area contributed by atoms with Crippen LogP contribution in [0, 0.1) is 5.92 Å². The fourth-order valence-corrected chi connectivity index (χ4v) is 2.71. The van der Waals surface area contributed by atoms with Crippen LogP contribution in [0.1, 0.15) is 40.5 Å². The van der Waals surface area contributed by atoms with Gasteiger partial charge < -0.3 is 10.6 Å². The molecule has 0 aromatic rings. The molecule has 0 spiro atoms. The maximum Gasteiger partial charge on any atom is 0.242 e. The summed E-state index contributed by atoms with van der Waals surface area (Å²) < 4.78 is 0. The van der Waals surface area contributed by atoms with Crippen LogP contribution in [0.3, 0.4) is 0 Å². The van der Waals surface area contributed by atoms with Gasteiger partial charge in [0, 0.05) is 12.3 Å². The van der Waals surface area contributed by atoms with E-state index in [9.17, 15) is 4.79 Å². The van der Waals surface area contributed by atoms with E-state index >= 15 is 0 Å². The lowest BCUT2D eigenvalue weighted by atomic mass is 10.2. The number of carbonyl (C=O) groups is 1. The third-order valence-corrected chi connectivity index (χ3v) is 3.82. The number of hydrogen-bond donors (Lipinski definition) is 2. The summed E-state index contributed by atoms with van der Waals surface area (Å²) >= 11 is 1.71. The molecule has 0 saturated heterocycles. The van der Waals surface area contributed by atoms with Crippen molar-refractivity contribution >= 4 is 22.8 Å². The summed E-state index contributed by atoms with van der Waals surface area (Å²) in [5, 5.41) is 7.06. The topological polar surface area (TPSA) is 53.5 Å². The van der Waals surface area contributed by atoms with Crippen LogP contribution >= 0.6 is 11.8 Å². The van der Waals surface area contributed by atoms with Gasteiger partial charge in [0.1, 0.15) is 6.04 Å². The molecule has 0 bridgehead atoms. The van der Waals surface area contributed by atoms with Gasteiger partial charge in [0.25, 0.3) is 0 Å². The van der Waals surface area contributed by atoms with Crippen molar-refractivity contribution < 1.29 is 4.79 Å². The Labute approximate surface area is 114 Å². The summed E-state index contributed by atoms with van der Waals surface area (Å²) in [5.74, 6) is 1.61. The lowest BCUT2D eigenvalue weighted by Crippen LogP contribution is -2.45. The van der Waals surface area contributed by atoms with E-state index in [-0.39, 0.29) is 11.9 Å². The first-order valence-corrected chi connectivity index (χ1v) is 7.76. The monoisotopic (exact) mass is 271 g/mol. The molecule has 0 fully saturated rings.